The van der Waals surface area contributed by atoms with Crippen LogP contribution in [0.2, 0.25) is 5.15 Å². The van der Waals surface area contributed by atoms with Gasteiger partial charge in [0.2, 0.25) is 0 Å². The fourth-order valence-corrected chi connectivity index (χ4v) is 2.52. The average Bonchev–Trinajstić information content (AvgIpc) is 2.59. The minimum absolute atomic E-state index is 0.361. The van der Waals surface area contributed by atoms with Gasteiger partial charge in [-0.15, -0.1) is 10.2 Å². The number of hydrogen-bond acceptors (Lipinski definition) is 4. The van der Waals surface area contributed by atoms with Crippen LogP contribution < -0.4 is 16.0 Å². The third-order valence-electron chi connectivity index (χ3n) is 3.32. The van der Waals surface area contributed by atoms with Crippen molar-refractivity contribution in [2.75, 3.05) is 16.0 Å². The van der Waals surface area contributed by atoms with Crippen LogP contribution in [0.15, 0.2) is 60.7 Å². The maximum atomic E-state index is 5.72. The molecule has 0 bridgehead atoms. The third kappa shape index (κ3) is 5.14. The summed E-state index contributed by atoms with van der Waals surface area (Å²) in [4.78, 5) is 0. The van der Waals surface area contributed by atoms with Crippen LogP contribution in [0.3, 0.4) is 0 Å². The number of aromatic nitrogens is 2. The Hall–Kier alpha value is -2.70. The summed E-state index contributed by atoms with van der Waals surface area (Å²) in [6.45, 7) is 2.04. The van der Waals surface area contributed by atoms with Crippen molar-refractivity contribution in [1.29, 1.82) is 0 Å². The van der Waals surface area contributed by atoms with Gasteiger partial charge in [-0.1, -0.05) is 23.7 Å². The molecule has 0 saturated carbocycles. The van der Waals surface area contributed by atoms with Crippen LogP contribution in [0.4, 0.5) is 22.9 Å². The highest BCUT2D eigenvalue weighted by Crippen LogP contribution is 2.18. The van der Waals surface area contributed by atoms with Crippen LogP contribution in [-0.2, 0) is 0 Å². The van der Waals surface area contributed by atoms with E-state index < -0.39 is 0 Å². The first-order valence-corrected chi connectivity index (χ1v) is 8.38. The van der Waals surface area contributed by atoms with Crippen molar-refractivity contribution in [3.05, 3.63) is 71.4 Å². The number of nitrogens with one attached hydrogen (secondary N) is 3. The fourth-order valence-electron chi connectivity index (χ4n) is 2.18. The van der Waals surface area contributed by atoms with Crippen molar-refractivity contribution in [2.45, 2.75) is 6.92 Å². The van der Waals surface area contributed by atoms with Crippen LogP contribution in [0.5, 0.6) is 0 Å². The molecule has 7 heteroatoms. The van der Waals surface area contributed by atoms with Gasteiger partial charge in [0, 0.05) is 17.1 Å². The Morgan fingerprint density at radius 1 is 0.880 bits per heavy atom. The highest BCUT2D eigenvalue weighted by Gasteiger charge is 2.01. The predicted octanol–water partition coefficient (Wildman–Crippen LogP) is 4.99. The van der Waals surface area contributed by atoms with Gasteiger partial charge >= 0.3 is 0 Å². The summed E-state index contributed by atoms with van der Waals surface area (Å²) < 4.78 is 0. The standard InChI is InChI=1S/C18H16ClN5S/c1-12-3-2-4-15(11-12)22-18(25)21-14-7-5-13(6-8-14)20-17-10-9-16(19)23-24-17/h2-11H,1H3,(H,20,24)(H2,21,22,25). The topological polar surface area (TPSA) is 61.9 Å². The summed E-state index contributed by atoms with van der Waals surface area (Å²) in [5.74, 6) is 0.627. The van der Waals surface area contributed by atoms with Crippen LogP contribution in [0, 0.1) is 6.92 Å². The minimum Gasteiger partial charge on any atom is -0.339 e. The molecule has 25 heavy (non-hydrogen) atoms. The van der Waals surface area contributed by atoms with E-state index in [1.165, 1.54) is 5.56 Å². The van der Waals surface area contributed by atoms with Gasteiger partial charge in [0.1, 0.15) is 0 Å². The van der Waals surface area contributed by atoms with E-state index in [4.69, 9.17) is 23.8 Å². The largest absolute Gasteiger partial charge is 0.339 e. The van der Waals surface area contributed by atoms with Crippen molar-refractivity contribution < 1.29 is 0 Å². The highest BCUT2D eigenvalue weighted by molar-refractivity contribution is 7.80. The molecule has 1 heterocycles. The van der Waals surface area contributed by atoms with Gasteiger partial charge in [-0.25, -0.2) is 0 Å². The van der Waals surface area contributed by atoms with Gasteiger partial charge in [0.05, 0.1) is 0 Å². The molecule has 3 rings (SSSR count). The third-order valence-corrected chi connectivity index (χ3v) is 3.73. The van der Waals surface area contributed by atoms with Gasteiger partial charge in [-0.3, -0.25) is 0 Å². The molecule has 0 atom stereocenters. The van der Waals surface area contributed by atoms with Crippen LogP contribution in [0.1, 0.15) is 5.56 Å². The van der Waals surface area contributed by atoms with Crippen LogP contribution in [-0.4, -0.2) is 15.3 Å². The summed E-state index contributed by atoms with van der Waals surface area (Å²) >= 11 is 11.1. The van der Waals surface area contributed by atoms with Crippen molar-refractivity contribution >= 4 is 51.8 Å². The zero-order chi connectivity index (χ0) is 17.6. The first-order chi connectivity index (χ1) is 12.1. The van der Waals surface area contributed by atoms with E-state index in [-0.39, 0.29) is 0 Å². The van der Waals surface area contributed by atoms with Crippen LogP contribution in [0.25, 0.3) is 0 Å². The first-order valence-electron chi connectivity index (χ1n) is 7.59. The van der Waals surface area contributed by atoms with Crippen LogP contribution >= 0.6 is 23.8 Å². The Labute approximate surface area is 156 Å². The SMILES string of the molecule is Cc1cccc(NC(=S)Nc2ccc(Nc3ccc(Cl)nn3)cc2)c1. The average molecular weight is 370 g/mol. The second-order valence-electron chi connectivity index (χ2n) is 5.39. The maximum Gasteiger partial charge on any atom is 0.175 e. The Morgan fingerprint density at radius 3 is 2.28 bits per heavy atom. The minimum atomic E-state index is 0.361. The molecule has 0 unspecified atom stereocenters. The molecular weight excluding hydrogens is 354 g/mol. The molecule has 3 aromatic rings. The smallest absolute Gasteiger partial charge is 0.175 e. The Balaban J connectivity index is 1.58. The summed E-state index contributed by atoms with van der Waals surface area (Å²) in [5.41, 5.74) is 3.91. The first kappa shape index (κ1) is 17.1. The number of rotatable bonds is 4. The lowest BCUT2D eigenvalue weighted by molar-refractivity contribution is 1.04. The number of nitrogens with zero attached hydrogens (tertiary/aromatic N) is 2. The summed E-state index contributed by atoms with van der Waals surface area (Å²) in [7, 11) is 0. The molecule has 3 N–H and O–H groups in total. The number of benzene rings is 2. The number of aryl methyl sites for hydroxylation is 1. The summed E-state index contributed by atoms with van der Waals surface area (Å²) in [5, 5.41) is 18.1. The lowest BCUT2D eigenvalue weighted by Crippen LogP contribution is -2.19. The monoisotopic (exact) mass is 369 g/mol. The van der Waals surface area contributed by atoms with Crippen molar-refractivity contribution in [3.8, 4) is 0 Å². The van der Waals surface area contributed by atoms with E-state index in [0.717, 1.165) is 17.1 Å². The predicted molar refractivity (Wildman–Crippen MR) is 108 cm³/mol. The molecule has 0 aliphatic carbocycles. The second-order valence-corrected chi connectivity index (χ2v) is 6.19. The molecule has 126 valence electrons. The van der Waals surface area contributed by atoms with Crippen molar-refractivity contribution in [1.82, 2.24) is 10.2 Å². The number of thiocarbonyl (C=S) groups is 1. The van der Waals surface area contributed by atoms with E-state index in [2.05, 4.69) is 26.1 Å². The lowest BCUT2D eigenvalue weighted by atomic mass is 10.2. The molecule has 0 radical (unpaired) electrons. The van der Waals surface area contributed by atoms with Gasteiger partial charge in [-0.05, 0) is 73.2 Å². The van der Waals surface area contributed by atoms with Gasteiger partial charge in [-0.2, -0.15) is 0 Å². The van der Waals surface area contributed by atoms with Gasteiger partial charge in [0.25, 0.3) is 0 Å². The molecule has 0 fully saturated rings. The summed E-state index contributed by atoms with van der Waals surface area (Å²) in [6, 6.07) is 19.2. The summed E-state index contributed by atoms with van der Waals surface area (Å²) in [6.07, 6.45) is 0. The van der Waals surface area contributed by atoms with E-state index in [9.17, 15) is 0 Å². The van der Waals surface area contributed by atoms with E-state index in [0.29, 0.717) is 16.1 Å². The molecule has 1 aromatic heterocycles. The lowest BCUT2D eigenvalue weighted by Gasteiger charge is -2.12. The van der Waals surface area contributed by atoms with Crippen molar-refractivity contribution in [2.24, 2.45) is 0 Å². The molecule has 0 saturated heterocycles. The zero-order valence-electron chi connectivity index (χ0n) is 13.5. The zero-order valence-corrected chi connectivity index (χ0v) is 15.0. The quantitative estimate of drug-likeness (QED) is 0.563. The molecule has 0 spiro atoms. The normalized spacial score (nSPS) is 10.2. The maximum absolute atomic E-state index is 5.72. The number of halogens is 1. The molecular formula is C18H16ClN5S. The van der Waals surface area contributed by atoms with E-state index in [1.807, 2.05) is 55.5 Å². The Kier molecular flexibility index (Phi) is 5.42. The fraction of sp³-hybridized carbons (Fsp3) is 0.0556. The number of anilines is 4. The van der Waals surface area contributed by atoms with Gasteiger partial charge in [0.15, 0.2) is 16.1 Å². The highest BCUT2D eigenvalue weighted by atomic mass is 35.5. The second kappa shape index (κ2) is 7.92. The van der Waals surface area contributed by atoms with E-state index in [1.54, 1.807) is 12.1 Å². The van der Waals surface area contributed by atoms with E-state index >= 15 is 0 Å². The van der Waals surface area contributed by atoms with Crippen molar-refractivity contribution in [3.63, 3.8) is 0 Å². The van der Waals surface area contributed by atoms with Gasteiger partial charge < -0.3 is 16.0 Å². The molecule has 0 amide bonds. The Morgan fingerprint density at radius 2 is 1.60 bits per heavy atom. The molecule has 0 aliphatic heterocycles. The molecule has 5 nitrogen and oxygen atoms in total. The number of hydrogen-bond donors (Lipinski definition) is 3. The molecule has 2 aromatic carbocycles. The molecule has 0 aliphatic rings. The Bertz CT molecular complexity index is 865.